The van der Waals surface area contributed by atoms with E-state index in [4.69, 9.17) is 15.2 Å². The van der Waals surface area contributed by atoms with Crippen LogP contribution in [0.15, 0.2) is 0 Å². The zero-order valence-electron chi connectivity index (χ0n) is 6.79. The molecule has 0 aromatic heterocycles. The Morgan fingerprint density at radius 1 is 1.73 bits per heavy atom. The second-order valence-electron chi connectivity index (χ2n) is 2.81. The molecule has 11 heavy (non-hydrogen) atoms. The van der Waals surface area contributed by atoms with E-state index in [1.165, 1.54) is 7.11 Å². The Morgan fingerprint density at radius 2 is 2.36 bits per heavy atom. The van der Waals surface area contributed by atoms with Crippen molar-refractivity contribution in [3.05, 3.63) is 0 Å². The topological polar surface area (TPSA) is 61.6 Å². The highest BCUT2D eigenvalue weighted by atomic mass is 16.5. The summed E-state index contributed by atoms with van der Waals surface area (Å²) in [6.07, 6.45) is 0.687. The third kappa shape index (κ3) is 1.23. The minimum absolute atomic E-state index is 0.148. The van der Waals surface area contributed by atoms with E-state index in [0.29, 0.717) is 13.0 Å². The predicted octanol–water partition coefficient (Wildman–Crippen LogP) is -0.477. The van der Waals surface area contributed by atoms with Gasteiger partial charge in [-0.1, -0.05) is 0 Å². The molecule has 0 saturated heterocycles. The molecule has 4 heteroatoms. The molecule has 0 heterocycles. The first-order valence-corrected chi connectivity index (χ1v) is 3.51. The van der Waals surface area contributed by atoms with Crippen molar-refractivity contribution in [1.29, 1.82) is 0 Å². The summed E-state index contributed by atoms with van der Waals surface area (Å²) in [6.45, 7) is 0.538. The van der Waals surface area contributed by atoms with Crippen LogP contribution in [0, 0.1) is 5.92 Å². The Kier molecular flexibility index (Phi) is 2.15. The average Bonchev–Trinajstić information content (AvgIpc) is 2.65. The largest absolute Gasteiger partial charge is 0.384 e. The highest BCUT2D eigenvalue weighted by Gasteiger charge is 2.59. The number of rotatable bonds is 4. The van der Waals surface area contributed by atoms with Gasteiger partial charge in [0.15, 0.2) is 5.60 Å². The number of carbonyl (C=O) groups excluding carboxylic acids is 1. The number of hydrogen-bond donors (Lipinski definition) is 1. The van der Waals surface area contributed by atoms with Crippen molar-refractivity contribution in [2.75, 3.05) is 20.8 Å². The third-order valence-corrected chi connectivity index (χ3v) is 2.20. The zero-order chi connectivity index (χ0) is 8.48. The molecular weight excluding hydrogens is 146 g/mol. The van der Waals surface area contributed by atoms with Crippen LogP contribution in [-0.4, -0.2) is 32.3 Å². The number of carbonyl (C=O) groups is 1. The van der Waals surface area contributed by atoms with Gasteiger partial charge in [-0.05, 0) is 6.42 Å². The highest BCUT2D eigenvalue weighted by molar-refractivity contribution is 5.87. The van der Waals surface area contributed by atoms with Gasteiger partial charge in [0.2, 0.25) is 5.91 Å². The highest BCUT2D eigenvalue weighted by Crippen LogP contribution is 2.46. The second-order valence-corrected chi connectivity index (χ2v) is 2.81. The minimum Gasteiger partial charge on any atom is -0.384 e. The summed E-state index contributed by atoms with van der Waals surface area (Å²) in [5, 5.41) is 0. The van der Waals surface area contributed by atoms with Crippen LogP contribution >= 0.6 is 0 Å². The molecule has 1 aliphatic carbocycles. The second kappa shape index (κ2) is 2.79. The van der Waals surface area contributed by atoms with E-state index in [9.17, 15) is 4.79 Å². The molecule has 0 bridgehead atoms. The monoisotopic (exact) mass is 159 g/mol. The van der Waals surface area contributed by atoms with Gasteiger partial charge in [-0.25, -0.2) is 0 Å². The summed E-state index contributed by atoms with van der Waals surface area (Å²) < 4.78 is 9.91. The lowest BCUT2D eigenvalue weighted by Gasteiger charge is -2.09. The lowest BCUT2D eigenvalue weighted by atomic mass is 10.2. The van der Waals surface area contributed by atoms with Crippen LogP contribution in [0.1, 0.15) is 6.42 Å². The van der Waals surface area contributed by atoms with Crippen LogP contribution in [0.25, 0.3) is 0 Å². The molecule has 1 saturated carbocycles. The number of primary amides is 1. The molecule has 1 fully saturated rings. The van der Waals surface area contributed by atoms with Gasteiger partial charge in [-0.2, -0.15) is 0 Å². The van der Waals surface area contributed by atoms with Gasteiger partial charge in [0, 0.05) is 20.1 Å². The summed E-state index contributed by atoms with van der Waals surface area (Å²) in [5.41, 5.74) is 4.42. The maximum atomic E-state index is 10.8. The quantitative estimate of drug-likeness (QED) is 0.602. The molecule has 0 spiro atoms. The van der Waals surface area contributed by atoms with Crippen LogP contribution in [0.5, 0.6) is 0 Å². The van der Waals surface area contributed by atoms with Crippen molar-refractivity contribution in [3.8, 4) is 0 Å². The number of nitrogens with two attached hydrogens (primary N) is 1. The molecule has 0 aromatic carbocycles. The van der Waals surface area contributed by atoms with E-state index in [1.807, 2.05) is 0 Å². The van der Waals surface area contributed by atoms with E-state index >= 15 is 0 Å². The fourth-order valence-electron chi connectivity index (χ4n) is 1.35. The SMILES string of the molecule is COCC1CC1(OC)C(N)=O. The minimum atomic E-state index is -0.726. The molecular formula is C7H13NO3. The van der Waals surface area contributed by atoms with Gasteiger partial charge < -0.3 is 15.2 Å². The van der Waals surface area contributed by atoms with Gasteiger partial charge in [0.05, 0.1) is 6.61 Å². The molecule has 1 aliphatic rings. The van der Waals surface area contributed by atoms with Crippen molar-refractivity contribution in [2.45, 2.75) is 12.0 Å². The third-order valence-electron chi connectivity index (χ3n) is 2.20. The van der Waals surface area contributed by atoms with E-state index in [1.54, 1.807) is 7.11 Å². The molecule has 2 unspecified atom stereocenters. The van der Waals surface area contributed by atoms with Gasteiger partial charge in [-0.3, -0.25) is 4.79 Å². The van der Waals surface area contributed by atoms with Crippen LogP contribution < -0.4 is 5.73 Å². The Bertz CT molecular complexity index is 171. The molecule has 4 nitrogen and oxygen atoms in total. The maximum absolute atomic E-state index is 10.8. The number of methoxy groups -OCH3 is 2. The summed E-state index contributed by atoms with van der Waals surface area (Å²) in [4.78, 5) is 10.8. The summed E-state index contributed by atoms with van der Waals surface area (Å²) >= 11 is 0. The van der Waals surface area contributed by atoms with E-state index < -0.39 is 5.60 Å². The molecule has 64 valence electrons. The maximum Gasteiger partial charge on any atom is 0.250 e. The van der Waals surface area contributed by atoms with Gasteiger partial charge in [-0.15, -0.1) is 0 Å². The van der Waals surface area contributed by atoms with Crippen LogP contribution in [0.2, 0.25) is 0 Å². The average molecular weight is 159 g/mol. The first kappa shape index (κ1) is 8.49. The lowest BCUT2D eigenvalue weighted by molar-refractivity contribution is -0.131. The van der Waals surface area contributed by atoms with E-state index in [0.717, 1.165) is 0 Å². The van der Waals surface area contributed by atoms with Crippen LogP contribution in [0.4, 0.5) is 0 Å². The molecule has 0 radical (unpaired) electrons. The van der Waals surface area contributed by atoms with Crippen molar-refractivity contribution >= 4 is 5.91 Å². The van der Waals surface area contributed by atoms with Crippen LogP contribution in [-0.2, 0) is 14.3 Å². The summed E-state index contributed by atoms with van der Waals surface area (Å²) in [5.74, 6) is -0.239. The summed E-state index contributed by atoms with van der Waals surface area (Å²) in [7, 11) is 3.10. The fraction of sp³-hybridized carbons (Fsp3) is 0.857. The van der Waals surface area contributed by atoms with Crippen molar-refractivity contribution < 1.29 is 14.3 Å². The predicted molar refractivity (Wildman–Crippen MR) is 38.9 cm³/mol. The van der Waals surface area contributed by atoms with Gasteiger partial charge in [0.1, 0.15) is 0 Å². The molecule has 2 N–H and O–H groups in total. The van der Waals surface area contributed by atoms with Crippen LogP contribution in [0.3, 0.4) is 0 Å². The first-order chi connectivity index (χ1) is 5.17. The fourth-order valence-corrected chi connectivity index (χ4v) is 1.35. The van der Waals surface area contributed by atoms with Gasteiger partial charge >= 0.3 is 0 Å². The Hall–Kier alpha value is -0.610. The molecule has 0 aromatic rings. The molecule has 2 atom stereocenters. The summed E-state index contributed by atoms with van der Waals surface area (Å²) in [6, 6.07) is 0. The Labute approximate surface area is 65.7 Å². The zero-order valence-corrected chi connectivity index (χ0v) is 6.79. The molecule has 1 amide bonds. The number of ether oxygens (including phenoxy) is 2. The first-order valence-electron chi connectivity index (χ1n) is 3.51. The van der Waals surface area contributed by atoms with E-state index in [2.05, 4.69) is 0 Å². The molecule has 1 rings (SSSR count). The lowest BCUT2D eigenvalue weighted by Crippen LogP contribution is -2.35. The number of amides is 1. The van der Waals surface area contributed by atoms with Gasteiger partial charge in [0.25, 0.3) is 0 Å². The van der Waals surface area contributed by atoms with Crippen molar-refractivity contribution in [3.63, 3.8) is 0 Å². The standard InChI is InChI=1S/C7H13NO3/c1-10-4-5-3-7(5,11-2)6(8)9/h5H,3-4H2,1-2H3,(H2,8,9). The molecule has 0 aliphatic heterocycles. The normalized spacial score (nSPS) is 35.3. The smallest absolute Gasteiger partial charge is 0.250 e. The Morgan fingerprint density at radius 3 is 2.64 bits per heavy atom. The van der Waals surface area contributed by atoms with Crippen molar-refractivity contribution in [2.24, 2.45) is 11.7 Å². The van der Waals surface area contributed by atoms with Crippen molar-refractivity contribution in [1.82, 2.24) is 0 Å². The van der Waals surface area contributed by atoms with E-state index in [-0.39, 0.29) is 11.8 Å². The number of hydrogen-bond acceptors (Lipinski definition) is 3. The Balaban J connectivity index is 2.49.